The van der Waals surface area contributed by atoms with Crippen molar-refractivity contribution in [3.05, 3.63) is 59.4 Å². The van der Waals surface area contributed by atoms with Gasteiger partial charge in [-0.25, -0.2) is 8.42 Å². The molecule has 0 radical (unpaired) electrons. The molecular formula is C21H27N3O3S. The first-order valence-electron chi connectivity index (χ1n) is 9.71. The van der Waals surface area contributed by atoms with Gasteiger partial charge >= 0.3 is 0 Å². The van der Waals surface area contributed by atoms with E-state index in [1.165, 1.54) is 0 Å². The maximum atomic E-state index is 13.1. The molecule has 2 N–H and O–H groups in total. The Balaban J connectivity index is 1.83. The summed E-state index contributed by atoms with van der Waals surface area (Å²) in [4.78, 5) is 17.2. The fourth-order valence-electron chi connectivity index (χ4n) is 3.17. The highest BCUT2D eigenvalue weighted by molar-refractivity contribution is 7.92. The summed E-state index contributed by atoms with van der Waals surface area (Å²) in [6.07, 6.45) is 6.96. The molecule has 0 aliphatic heterocycles. The van der Waals surface area contributed by atoms with Gasteiger partial charge in [-0.05, 0) is 55.9 Å². The zero-order valence-corrected chi connectivity index (χ0v) is 17.1. The first kappa shape index (κ1) is 20.3. The van der Waals surface area contributed by atoms with E-state index >= 15 is 0 Å². The Morgan fingerprint density at radius 2 is 2.07 bits per heavy atom. The lowest BCUT2D eigenvalue weighted by molar-refractivity contribution is 0.0932. The maximum absolute atomic E-state index is 13.1. The van der Waals surface area contributed by atoms with Crippen LogP contribution < -0.4 is 10.0 Å². The summed E-state index contributed by atoms with van der Waals surface area (Å²) in [7, 11) is -3.49. The predicted molar refractivity (Wildman–Crippen MR) is 111 cm³/mol. The van der Waals surface area contributed by atoms with Crippen LogP contribution in [0, 0.1) is 12.8 Å². The second-order valence-corrected chi connectivity index (χ2v) is 9.24. The van der Waals surface area contributed by atoms with Crippen molar-refractivity contribution in [1.29, 1.82) is 0 Å². The molecule has 0 saturated heterocycles. The molecule has 0 bridgehead atoms. The number of nitrogens with one attached hydrogen (secondary N) is 2. The van der Waals surface area contributed by atoms with Gasteiger partial charge in [-0.1, -0.05) is 31.0 Å². The van der Waals surface area contributed by atoms with E-state index in [0.717, 1.165) is 30.4 Å². The van der Waals surface area contributed by atoms with E-state index in [4.69, 9.17) is 0 Å². The molecule has 1 fully saturated rings. The number of amides is 1. The molecule has 6 nitrogen and oxygen atoms in total. The quantitative estimate of drug-likeness (QED) is 0.669. The number of pyridine rings is 1. The minimum atomic E-state index is -3.49. The molecule has 1 aromatic carbocycles. The van der Waals surface area contributed by atoms with E-state index < -0.39 is 10.0 Å². The highest BCUT2D eigenvalue weighted by Gasteiger charge is 2.34. The van der Waals surface area contributed by atoms with Gasteiger partial charge < -0.3 is 5.32 Å². The number of hydrogen-bond acceptors (Lipinski definition) is 4. The first-order chi connectivity index (χ1) is 13.4. The molecule has 1 aliphatic rings. The van der Waals surface area contributed by atoms with E-state index in [-0.39, 0.29) is 17.7 Å². The van der Waals surface area contributed by atoms with Crippen LogP contribution in [-0.2, 0) is 10.0 Å². The Bertz CT molecular complexity index is 925. The van der Waals surface area contributed by atoms with E-state index in [1.54, 1.807) is 30.6 Å². The number of aromatic nitrogens is 1. The van der Waals surface area contributed by atoms with E-state index in [0.29, 0.717) is 23.6 Å². The summed E-state index contributed by atoms with van der Waals surface area (Å²) in [5.74, 6) is 0.152. The Morgan fingerprint density at radius 1 is 1.29 bits per heavy atom. The van der Waals surface area contributed by atoms with Gasteiger partial charge in [-0.15, -0.1) is 0 Å². The van der Waals surface area contributed by atoms with Crippen LogP contribution in [0.3, 0.4) is 0 Å². The van der Waals surface area contributed by atoms with Crippen molar-refractivity contribution in [3.8, 4) is 0 Å². The molecule has 0 spiro atoms. The number of carbonyl (C=O) groups is 1. The van der Waals surface area contributed by atoms with Gasteiger partial charge in [0.15, 0.2) is 0 Å². The molecule has 3 rings (SSSR count). The normalized spacial score (nSPS) is 15.1. The average Bonchev–Trinajstić information content (AvgIpc) is 3.51. The number of nitrogens with zero attached hydrogens (tertiary/aromatic N) is 1. The molecule has 1 unspecified atom stereocenters. The van der Waals surface area contributed by atoms with Crippen LogP contribution in [0.1, 0.15) is 60.1 Å². The van der Waals surface area contributed by atoms with Crippen LogP contribution in [0.2, 0.25) is 0 Å². The molecule has 28 heavy (non-hydrogen) atoms. The minimum absolute atomic E-state index is 0.0405. The second kappa shape index (κ2) is 8.73. The molecule has 1 atom stereocenters. The summed E-state index contributed by atoms with van der Waals surface area (Å²) in [5.41, 5.74) is 2.52. The number of unbranched alkanes of at least 4 members (excludes halogenated alkanes) is 1. The molecule has 1 aromatic heterocycles. The Kier molecular flexibility index (Phi) is 6.34. The third kappa shape index (κ3) is 5.32. The molecule has 2 aromatic rings. The number of rotatable bonds is 9. The molecule has 1 aliphatic carbocycles. The summed E-state index contributed by atoms with van der Waals surface area (Å²) >= 11 is 0. The minimum Gasteiger partial charge on any atom is -0.345 e. The molecular weight excluding hydrogens is 374 g/mol. The van der Waals surface area contributed by atoms with Crippen molar-refractivity contribution in [1.82, 2.24) is 10.3 Å². The number of aryl methyl sites for hydroxylation is 1. The van der Waals surface area contributed by atoms with Crippen molar-refractivity contribution >= 4 is 21.6 Å². The Morgan fingerprint density at radius 3 is 2.71 bits per heavy atom. The van der Waals surface area contributed by atoms with Crippen molar-refractivity contribution in [3.63, 3.8) is 0 Å². The van der Waals surface area contributed by atoms with E-state index in [9.17, 15) is 13.2 Å². The first-order valence-corrected chi connectivity index (χ1v) is 11.4. The zero-order valence-electron chi connectivity index (χ0n) is 16.3. The van der Waals surface area contributed by atoms with Crippen molar-refractivity contribution in [2.45, 2.75) is 45.6 Å². The lowest BCUT2D eigenvalue weighted by Gasteiger charge is -2.20. The highest BCUT2D eigenvalue weighted by atomic mass is 32.2. The van der Waals surface area contributed by atoms with Crippen molar-refractivity contribution < 1.29 is 13.2 Å². The number of carbonyl (C=O) groups excluding carboxylic acids is 1. The third-order valence-corrected chi connectivity index (χ3v) is 6.23. The highest BCUT2D eigenvalue weighted by Crippen LogP contribution is 2.41. The number of hydrogen-bond donors (Lipinski definition) is 2. The smallest absolute Gasteiger partial charge is 0.253 e. The molecule has 1 saturated carbocycles. The SMILES string of the molecule is CCCCS(=O)(=O)Nc1ccc(C)cc1C(=O)NC(c1cccnc1)C1CC1. The number of benzene rings is 1. The largest absolute Gasteiger partial charge is 0.345 e. The van der Waals surface area contributed by atoms with Crippen LogP contribution in [0.15, 0.2) is 42.7 Å². The van der Waals surface area contributed by atoms with Gasteiger partial charge in [0, 0.05) is 12.4 Å². The summed E-state index contributed by atoms with van der Waals surface area (Å²) in [5, 5.41) is 3.09. The van der Waals surface area contributed by atoms with Crippen molar-refractivity contribution in [2.24, 2.45) is 5.92 Å². The fourth-order valence-corrected chi connectivity index (χ4v) is 4.45. The lowest BCUT2D eigenvalue weighted by atomic mass is 10.0. The van der Waals surface area contributed by atoms with Crippen molar-refractivity contribution in [2.75, 3.05) is 10.5 Å². The Labute approximate surface area is 166 Å². The van der Waals surface area contributed by atoms with Crippen LogP contribution in [0.5, 0.6) is 0 Å². The number of anilines is 1. The van der Waals surface area contributed by atoms with Crippen LogP contribution in [-0.4, -0.2) is 25.1 Å². The zero-order chi connectivity index (χ0) is 20.1. The molecule has 1 heterocycles. The van der Waals surface area contributed by atoms with Crippen LogP contribution in [0.25, 0.3) is 0 Å². The van der Waals surface area contributed by atoms with E-state index in [1.807, 2.05) is 26.0 Å². The fraction of sp³-hybridized carbons (Fsp3) is 0.429. The molecule has 7 heteroatoms. The van der Waals surface area contributed by atoms with Gasteiger partial charge in [0.1, 0.15) is 0 Å². The van der Waals surface area contributed by atoms with Gasteiger partial charge in [0.05, 0.1) is 23.0 Å². The van der Waals surface area contributed by atoms with Gasteiger partial charge in [0.2, 0.25) is 10.0 Å². The van der Waals surface area contributed by atoms with Crippen LogP contribution >= 0.6 is 0 Å². The standard InChI is InChI=1S/C21H27N3O3S/c1-3-4-12-28(26,27)24-19-10-7-15(2)13-18(19)21(25)23-20(16-8-9-16)17-6-5-11-22-14-17/h5-7,10-11,13-14,16,20,24H,3-4,8-9,12H2,1-2H3,(H,23,25). The second-order valence-electron chi connectivity index (χ2n) is 7.40. The molecule has 150 valence electrons. The summed E-state index contributed by atoms with van der Waals surface area (Å²) in [6, 6.07) is 8.88. The monoisotopic (exact) mass is 401 g/mol. The lowest BCUT2D eigenvalue weighted by Crippen LogP contribution is -2.31. The third-order valence-electron chi connectivity index (χ3n) is 4.88. The Hall–Kier alpha value is -2.41. The van der Waals surface area contributed by atoms with Gasteiger partial charge in [-0.3, -0.25) is 14.5 Å². The summed E-state index contributed by atoms with van der Waals surface area (Å²) in [6.45, 7) is 3.82. The predicted octanol–water partition coefficient (Wildman–Crippen LogP) is 3.81. The van der Waals surface area contributed by atoms with Crippen LogP contribution in [0.4, 0.5) is 5.69 Å². The van der Waals surface area contributed by atoms with Gasteiger partial charge in [0.25, 0.3) is 5.91 Å². The molecule has 1 amide bonds. The number of sulfonamides is 1. The average molecular weight is 402 g/mol. The van der Waals surface area contributed by atoms with Gasteiger partial charge in [-0.2, -0.15) is 0 Å². The topological polar surface area (TPSA) is 88.2 Å². The summed E-state index contributed by atoms with van der Waals surface area (Å²) < 4.78 is 27.2. The maximum Gasteiger partial charge on any atom is 0.253 e. The van der Waals surface area contributed by atoms with E-state index in [2.05, 4.69) is 15.0 Å².